The number of nitrogens with zero attached hydrogens (tertiary/aromatic N) is 1. The van der Waals surface area contributed by atoms with E-state index in [1.807, 2.05) is 5.32 Å². The maximum Gasteiger partial charge on any atom is 0.417 e. The van der Waals surface area contributed by atoms with Gasteiger partial charge in [-0.1, -0.05) is 35.0 Å². The van der Waals surface area contributed by atoms with Crippen LogP contribution in [0.1, 0.15) is 69.6 Å². The van der Waals surface area contributed by atoms with Gasteiger partial charge in [-0.3, -0.25) is 14.9 Å². The number of carboxylic acid groups (broad SMARTS) is 1. The van der Waals surface area contributed by atoms with E-state index < -0.39 is 46.7 Å². The summed E-state index contributed by atoms with van der Waals surface area (Å²) in [6.45, 7) is 14.1. The highest BCUT2D eigenvalue weighted by Gasteiger charge is 2.34. The van der Waals surface area contributed by atoms with Crippen LogP contribution in [0.4, 0.5) is 29.3 Å². The van der Waals surface area contributed by atoms with E-state index in [1.165, 1.54) is 12.1 Å². The Morgan fingerprint density at radius 2 is 1.55 bits per heavy atom. The van der Waals surface area contributed by atoms with Crippen LogP contribution in [0.25, 0.3) is 11.3 Å². The molecule has 13 heteroatoms. The lowest BCUT2D eigenvalue weighted by molar-refractivity contribution is -0.137. The highest BCUT2D eigenvalue weighted by atomic mass is 35.5. The number of carbonyl (C=O) groups excluding carboxylic acids is 2. The quantitative estimate of drug-likeness (QED) is 0.189. The van der Waals surface area contributed by atoms with Crippen molar-refractivity contribution in [3.63, 3.8) is 0 Å². The Kier molecular flexibility index (Phi) is 10.9. The first kappa shape index (κ1) is 34.3. The van der Waals surface area contributed by atoms with Gasteiger partial charge in [0.1, 0.15) is 0 Å². The Morgan fingerprint density at radius 1 is 0.952 bits per heavy atom. The number of ketones is 1. The molecule has 228 valence electrons. The van der Waals surface area contributed by atoms with Gasteiger partial charge in [-0.05, 0) is 66.7 Å². The Labute approximate surface area is 246 Å². The summed E-state index contributed by atoms with van der Waals surface area (Å²) < 4.78 is 50.3. The summed E-state index contributed by atoms with van der Waals surface area (Å²) in [6.07, 6.45) is -7.15. The molecular formula is C29H33ClF3N3O6. The number of hydrogen-bond acceptors (Lipinski definition) is 6. The maximum atomic E-state index is 13.2. The van der Waals surface area contributed by atoms with E-state index in [0.717, 1.165) is 6.07 Å². The number of Topliss-reactive ketones (excluding diaryl/α,β-unsaturated/α-hetero) is 1. The first-order valence-corrected chi connectivity index (χ1v) is 13.0. The minimum absolute atomic E-state index is 0.0156. The number of nitrogens with one attached hydrogen (secondary N) is 2. The van der Waals surface area contributed by atoms with Crippen molar-refractivity contribution in [1.29, 1.82) is 0 Å². The van der Waals surface area contributed by atoms with Crippen molar-refractivity contribution in [2.45, 2.75) is 72.3 Å². The number of ether oxygens (including phenoxy) is 1. The summed E-state index contributed by atoms with van der Waals surface area (Å²) in [5.74, 6) is -1.16. The molecule has 3 N–H and O–H groups in total. The zero-order valence-corrected chi connectivity index (χ0v) is 25.0. The van der Waals surface area contributed by atoms with Gasteiger partial charge in [0.25, 0.3) is 0 Å². The summed E-state index contributed by atoms with van der Waals surface area (Å²) in [5, 5.41) is 15.9. The predicted octanol–water partition coefficient (Wildman–Crippen LogP) is 8.22. The fourth-order valence-corrected chi connectivity index (χ4v) is 4.09. The van der Waals surface area contributed by atoms with E-state index in [-0.39, 0.29) is 22.5 Å². The molecule has 0 unspecified atom stereocenters. The van der Waals surface area contributed by atoms with E-state index in [9.17, 15) is 27.6 Å². The van der Waals surface area contributed by atoms with E-state index in [2.05, 4.69) is 52.0 Å². The molecule has 0 atom stereocenters. The molecule has 0 bridgehead atoms. The number of hydrogen-bond donors (Lipinski definition) is 3. The standard InChI is InChI=1S/C21H15ClF3N3O5.C8H18O/c1-10-5-18(33-28-10)12-4-2-3-11(6-12)17(29)9-19(30)26-15-7-13(21(23,24)25)14(22)8-16(15)27-20(31)32;1-7(2,3)9-8(4,5)6/h2-8,27H,9H2,1H3,(H,26,30)(H,31,32);1-6H3. The highest BCUT2D eigenvalue weighted by molar-refractivity contribution is 6.32. The molecule has 9 nitrogen and oxygen atoms in total. The third-order valence-electron chi connectivity index (χ3n) is 4.96. The van der Waals surface area contributed by atoms with Crippen LogP contribution < -0.4 is 10.6 Å². The summed E-state index contributed by atoms with van der Waals surface area (Å²) in [4.78, 5) is 35.9. The first-order valence-electron chi connectivity index (χ1n) is 12.6. The highest BCUT2D eigenvalue weighted by Crippen LogP contribution is 2.39. The van der Waals surface area contributed by atoms with Crippen LogP contribution in [0.3, 0.4) is 0 Å². The van der Waals surface area contributed by atoms with Crippen molar-refractivity contribution in [1.82, 2.24) is 5.16 Å². The van der Waals surface area contributed by atoms with Crippen molar-refractivity contribution in [3.05, 3.63) is 64.3 Å². The van der Waals surface area contributed by atoms with Crippen LogP contribution in [0, 0.1) is 6.92 Å². The third kappa shape index (κ3) is 11.2. The number of aromatic nitrogens is 1. The van der Waals surface area contributed by atoms with Crippen molar-refractivity contribution in [2.24, 2.45) is 0 Å². The zero-order valence-electron chi connectivity index (χ0n) is 24.2. The van der Waals surface area contributed by atoms with E-state index in [4.69, 9.17) is 26.0 Å². The summed E-state index contributed by atoms with van der Waals surface area (Å²) >= 11 is 5.61. The molecular weight excluding hydrogens is 579 g/mol. The van der Waals surface area contributed by atoms with Gasteiger partial charge >= 0.3 is 12.3 Å². The first-order chi connectivity index (χ1) is 19.1. The van der Waals surface area contributed by atoms with Gasteiger partial charge < -0.3 is 19.7 Å². The molecule has 0 spiro atoms. The molecule has 0 aliphatic carbocycles. The summed E-state index contributed by atoms with van der Waals surface area (Å²) in [6, 6.07) is 9.06. The topological polar surface area (TPSA) is 131 Å². The molecule has 3 aromatic rings. The number of anilines is 2. The molecule has 3 rings (SSSR count). The van der Waals surface area contributed by atoms with Gasteiger partial charge in [0.15, 0.2) is 11.5 Å². The van der Waals surface area contributed by atoms with Gasteiger partial charge in [0.2, 0.25) is 5.91 Å². The number of carbonyl (C=O) groups is 3. The smallest absolute Gasteiger partial charge is 0.417 e. The van der Waals surface area contributed by atoms with Crippen molar-refractivity contribution < 1.29 is 41.9 Å². The zero-order chi connectivity index (χ0) is 32.0. The average Bonchev–Trinajstić information content (AvgIpc) is 3.24. The summed E-state index contributed by atoms with van der Waals surface area (Å²) in [5.41, 5.74) is -0.863. The van der Waals surface area contributed by atoms with Crippen LogP contribution in [-0.4, -0.2) is 39.2 Å². The largest absolute Gasteiger partial charge is 0.465 e. The number of benzene rings is 2. The Balaban J connectivity index is 0.000000592. The minimum atomic E-state index is -4.85. The van der Waals surface area contributed by atoms with Crippen LogP contribution >= 0.6 is 11.6 Å². The average molecular weight is 612 g/mol. The molecule has 0 fully saturated rings. The van der Waals surface area contributed by atoms with Gasteiger partial charge in [-0.2, -0.15) is 13.2 Å². The SMILES string of the molecule is CC(C)(C)OC(C)(C)C.Cc1cc(-c2cccc(C(=O)CC(=O)Nc3cc(C(F)(F)F)c(Cl)cc3NC(=O)O)c2)on1. The lowest BCUT2D eigenvalue weighted by Gasteiger charge is -2.30. The van der Waals surface area contributed by atoms with Crippen LogP contribution in [0.2, 0.25) is 5.02 Å². The molecule has 0 aliphatic rings. The molecule has 0 radical (unpaired) electrons. The van der Waals surface area contributed by atoms with E-state index in [0.29, 0.717) is 23.1 Å². The second-order valence-corrected chi connectivity index (χ2v) is 11.6. The molecule has 1 aromatic heterocycles. The van der Waals surface area contributed by atoms with Gasteiger partial charge in [-0.15, -0.1) is 0 Å². The second-order valence-electron chi connectivity index (χ2n) is 11.2. The number of rotatable bonds is 6. The van der Waals surface area contributed by atoms with E-state index >= 15 is 0 Å². The fourth-order valence-electron chi connectivity index (χ4n) is 3.82. The number of alkyl halides is 3. The predicted molar refractivity (Wildman–Crippen MR) is 153 cm³/mol. The van der Waals surface area contributed by atoms with Crippen LogP contribution in [0.15, 0.2) is 47.0 Å². The van der Waals surface area contributed by atoms with Crippen molar-refractivity contribution in [2.75, 3.05) is 10.6 Å². The Bertz CT molecular complexity index is 1430. The summed E-state index contributed by atoms with van der Waals surface area (Å²) in [7, 11) is 0. The Morgan fingerprint density at radius 3 is 2.02 bits per heavy atom. The van der Waals surface area contributed by atoms with Crippen molar-refractivity contribution in [3.8, 4) is 11.3 Å². The molecule has 2 aromatic carbocycles. The van der Waals surface area contributed by atoms with Gasteiger partial charge in [0, 0.05) is 17.2 Å². The van der Waals surface area contributed by atoms with Crippen LogP contribution in [-0.2, 0) is 15.7 Å². The number of halogens is 4. The molecule has 42 heavy (non-hydrogen) atoms. The van der Waals surface area contributed by atoms with Gasteiger partial charge in [0.05, 0.1) is 45.3 Å². The lowest BCUT2D eigenvalue weighted by atomic mass is 10.0. The van der Waals surface area contributed by atoms with E-state index in [1.54, 1.807) is 25.1 Å². The van der Waals surface area contributed by atoms with Gasteiger partial charge in [-0.25, -0.2) is 4.79 Å². The Hall–Kier alpha value is -3.90. The minimum Gasteiger partial charge on any atom is -0.465 e. The fraction of sp³-hybridized carbons (Fsp3) is 0.379. The number of amides is 2. The number of aryl methyl sites for hydroxylation is 1. The second kappa shape index (κ2) is 13.4. The molecule has 1 heterocycles. The lowest BCUT2D eigenvalue weighted by Crippen LogP contribution is -2.31. The normalized spacial score (nSPS) is 11.8. The molecule has 0 aliphatic heterocycles. The maximum absolute atomic E-state index is 13.2. The molecule has 0 saturated carbocycles. The molecule has 2 amide bonds. The molecule has 0 saturated heterocycles. The van der Waals surface area contributed by atoms with Crippen molar-refractivity contribution >= 4 is 40.8 Å². The monoisotopic (exact) mass is 611 g/mol. The van der Waals surface area contributed by atoms with Crippen LogP contribution in [0.5, 0.6) is 0 Å². The third-order valence-corrected chi connectivity index (χ3v) is 5.27.